The fourth-order valence-electron chi connectivity index (χ4n) is 2.96. The summed E-state index contributed by atoms with van der Waals surface area (Å²) >= 11 is 17.5. The van der Waals surface area contributed by atoms with E-state index in [1.807, 2.05) is 25.1 Å². The normalized spacial score (nSPS) is 19.5. The molecule has 1 unspecified atom stereocenters. The molecule has 1 heterocycles. The summed E-state index contributed by atoms with van der Waals surface area (Å²) in [6, 6.07) is 14.7. The number of hydrogen-bond donors (Lipinski definition) is 1. The molecule has 6 heteroatoms. The molecule has 0 saturated carbocycles. The molecular weight excluding hydrogens is 375 g/mol. The van der Waals surface area contributed by atoms with Crippen molar-refractivity contribution in [2.45, 2.75) is 18.9 Å². The molecule has 1 N–H and O–H groups in total. The van der Waals surface area contributed by atoms with Gasteiger partial charge in [0.1, 0.15) is 10.5 Å². The van der Waals surface area contributed by atoms with Crippen LogP contribution in [0.1, 0.15) is 22.8 Å². The fourth-order valence-corrected chi connectivity index (χ4v) is 3.64. The minimum atomic E-state index is -0.497. The summed E-state index contributed by atoms with van der Waals surface area (Å²) in [6.45, 7) is 3.45. The molecule has 1 saturated heterocycles. The minimum absolute atomic E-state index is 0.165. The molecule has 0 aliphatic carbocycles. The largest absolute Gasteiger partial charge is 0.361 e. The van der Waals surface area contributed by atoms with Crippen molar-refractivity contribution < 1.29 is 4.79 Å². The van der Waals surface area contributed by atoms with Crippen molar-refractivity contribution in [3.63, 3.8) is 0 Å². The molecule has 1 atom stereocenters. The summed E-state index contributed by atoms with van der Waals surface area (Å²) in [7, 11) is 0. The smallest absolute Gasteiger partial charge is 0.252 e. The van der Waals surface area contributed by atoms with E-state index in [2.05, 4.69) is 16.3 Å². The van der Waals surface area contributed by atoms with Crippen LogP contribution in [0.25, 0.3) is 0 Å². The van der Waals surface area contributed by atoms with Gasteiger partial charge in [0, 0.05) is 28.7 Å². The van der Waals surface area contributed by atoms with Crippen LogP contribution in [0.15, 0.2) is 48.5 Å². The number of carbonyl (C=O) groups excluding carboxylic acids is 1. The second kappa shape index (κ2) is 7.32. The molecule has 2 aromatic rings. The molecule has 2 aromatic carbocycles. The van der Waals surface area contributed by atoms with Gasteiger partial charge in [0.25, 0.3) is 5.91 Å². The van der Waals surface area contributed by atoms with Crippen molar-refractivity contribution in [3.05, 3.63) is 69.7 Å². The second-order valence-corrected chi connectivity index (χ2v) is 7.66. The van der Waals surface area contributed by atoms with Gasteiger partial charge in [-0.1, -0.05) is 53.6 Å². The predicted octanol–water partition coefficient (Wildman–Crippen LogP) is 4.37. The van der Waals surface area contributed by atoms with Crippen molar-refractivity contribution >= 4 is 46.3 Å². The zero-order valence-electron chi connectivity index (χ0n) is 13.8. The van der Waals surface area contributed by atoms with Gasteiger partial charge in [-0.2, -0.15) is 0 Å². The molecular formula is C19H18Cl2N2OS. The third kappa shape index (κ3) is 4.14. The molecule has 25 heavy (non-hydrogen) atoms. The maximum atomic E-state index is 12.4. The van der Waals surface area contributed by atoms with Gasteiger partial charge in [0.15, 0.2) is 0 Å². The van der Waals surface area contributed by atoms with E-state index in [0.29, 0.717) is 17.1 Å². The number of nitrogens with zero attached hydrogens (tertiary/aromatic N) is 1. The van der Waals surface area contributed by atoms with E-state index in [4.69, 9.17) is 35.4 Å². The van der Waals surface area contributed by atoms with Gasteiger partial charge in [-0.25, -0.2) is 0 Å². The molecule has 1 amide bonds. The lowest BCUT2D eigenvalue weighted by Crippen LogP contribution is -2.72. The first-order valence-corrected chi connectivity index (χ1v) is 9.16. The summed E-state index contributed by atoms with van der Waals surface area (Å²) < 4.78 is 0. The topological polar surface area (TPSA) is 32.3 Å². The molecule has 1 aliphatic heterocycles. The Kier molecular flexibility index (Phi) is 5.32. The maximum absolute atomic E-state index is 12.4. The third-order valence-corrected chi connectivity index (χ3v) is 5.48. The average Bonchev–Trinajstić information content (AvgIpc) is 2.58. The summed E-state index contributed by atoms with van der Waals surface area (Å²) in [5.41, 5.74) is 1.21. The Morgan fingerprint density at radius 1 is 1.20 bits per heavy atom. The number of carbonyl (C=O) groups is 1. The Morgan fingerprint density at radius 3 is 2.52 bits per heavy atom. The van der Waals surface area contributed by atoms with Crippen LogP contribution in [0.2, 0.25) is 10.0 Å². The van der Waals surface area contributed by atoms with Crippen LogP contribution in [-0.2, 0) is 6.42 Å². The van der Waals surface area contributed by atoms with Gasteiger partial charge in [-0.05, 0) is 49.2 Å². The van der Waals surface area contributed by atoms with Gasteiger partial charge in [-0.15, -0.1) is 0 Å². The number of nitrogens with one attached hydrogen (secondary N) is 1. The highest BCUT2D eigenvalue weighted by molar-refractivity contribution is 7.80. The lowest BCUT2D eigenvalue weighted by Gasteiger charge is -2.50. The Morgan fingerprint density at radius 2 is 1.88 bits per heavy atom. The van der Waals surface area contributed by atoms with Gasteiger partial charge in [0.05, 0.1) is 0 Å². The van der Waals surface area contributed by atoms with E-state index < -0.39 is 5.54 Å². The Bertz CT molecular complexity index is 827. The molecule has 3 rings (SSSR count). The molecule has 1 fully saturated rings. The number of amides is 1. The molecule has 0 aromatic heterocycles. The van der Waals surface area contributed by atoms with Crippen LogP contribution in [0.5, 0.6) is 0 Å². The van der Waals surface area contributed by atoms with Gasteiger partial charge in [-0.3, -0.25) is 4.79 Å². The quantitative estimate of drug-likeness (QED) is 0.766. The molecule has 0 radical (unpaired) electrons. The molecule has 0 bridgehead atoms. The van der Waals surface area contributed by atoms with Crippen molar-refractivity contribution in [1.82, 2.24) is 10.2 Å². The van der Waals surface area contributed by atoms with Crippen LogP contribution < -0.4 is 5.32 Å². The van der Waals surface area contributed by atoms with E-state index in [9.17, 15) is 4.79 Å². The van der Waals surface area contributed by atoms with E-state index >= 15 is 0 Å². The number of benzene rings is 2. The molecule has 3 nitrogen and oxygen atoms in total. The van der Waals surface area contributed by atoms with E-state index in [1.165, 1.54) is 5.56 Å². The second-order valence-electron chi connectivity index (χ2n) is 6.40. The maximum Gasteiger partial charge on any atom is 0.252 e. The summed E-state index contributed by atoms with van der Waals surface area (Å²) in [6.07, 6.45) is 0.860. The summed E-state index contributed by atoms with van der Waals surface area (Å²) in [5, 5.41) is 4.30. The van der Waals surface area contributed by atoms with Crippen molar-refractivity contribution in [2.24, 2.45) is 0 Å². The Labute approximate surface area is 162 Å². The lowest BCUT2D eigenvalue weighted by molar-refractivity contribution is 0.0892. The molecule has 0 spiro atoms. The van der Waals surface area contributed by atoms with E-state index in [0.717, 1.165) is 23.0 Å². The number of rotatable bonds is 5. The highest BCUT2D eigenvalue weighted by atomic mass is 35.5. The van der Waals surface area contributed by atoms with Crippen molar-refractivity contribution in [1.29, 1.82) is 0 Å². The zero-order chi connectivity index (χ0) is 18.0. The van der Waals surface area contributed by atoms with Crippen molar-refractivity contribution in [2.75, 3.05) is 13.1 Å². The van der Waals surface area contributed by atoms with Crippen LogP contribution in [-0.4, -0.2) is 34.4 Å². The number of thiocarbonyl (C=S) groups is 1. The third-order valence-electron chi connectivity index (χ3n) is 4.30. The Hall–Kier alpha value is -1.62. The lowest BCUT2D eigenvalue weighted by atomic mass is 9.90. The van der Waals surface area contributed by atoms with Crippen LogP contribution in [0.4, 0.5) is 0 Å². The van der Waals surface area contributed by atoms with Crippen molar-refractivity contribution in [3.8, 4) is 0 Å². The minimum Gasteiger partial charge on any atom is -0.361 e. The van der Waals surface area contributed by atoms with Crippen LogP contribution >= 0.6 is 35.4 Å². The number of halogens is 2. The average molecular weight is 393 g/mol. The van der Waals surface area contributed by atoms with E-state index in [1.54, 1.807) is 24.3 Å². The zero-order valence-corrected chi connectivity index (χ0v) is 16.1. The number of likely N-dealkylation sites (tertiary alicyclic amines) is 1. The Balaban J connectivity index is 1.56. The highest BCUT2D eigenvalue weighted by Gasteiger charge is 2.45. The first-order valence-electron chi connectivity index (χ1n) is 7.99. The number of hydrogen-bond acceptors (Lipinski definition) is 2. The predicted molar refractivity (Wildman–Crippen MR) is 107 cm³/mol. The van der Waals surface area contributed by atoms with Crippen LogP contribution in [0.3, 0.4) is 0 Å². The summed E-state index contributed by atoms with van der Waals surface area (Å²) in [4.78, 5) is 15.3. The SMILES string of the molecule is CC1(NC(=O)c2cccc(Cl)c2)CN(CCc2cccc(Cl)c2)C1=S. The van der Waals surface area contributed by atoms with E-state index in [-0.39, 0.29) is 5.91 Å². The summed E-state index contributed by atoms with van der Waals surface area (Å²) in [5.74, 6) is -0.165. The first kappa shape index (κ1) is 18.2. The van der Waals surface area contributed by atoms with Gasteiger partial charge < -0.3 is 10.2 Å². The monoisotopic (exact) mass is 392 g/mol. The van der Waals surface area contributed by atoms with Gasteiger partial charge in [0.2, 0.25) is 0 Å². The van der Waals surface area contributed by atoms with Crippen LogP contribution in [0, 0.1) is 0 Å². The fraction of sp³-hybridized carbons (Fsp3) is 0.263. The molecule has 130 valence electrons. The standard InChI is InChI=1S/C19H18Cl2N2OS/c1-19(22-17(24)14-5-3-7-16(21)11-14)12-23(18(19)25)9-8-13-4-2-6-15(20)10-13/h2-7,10-11H,8-9,12H2,1H3,(H,22,24). The van der Waals surface area contributed by atoms with Gasteiger partial charge >= 0.3 is 0 Å². The first-order chi connectivity index (χ1) is 11.9. The highest BCUT2D eigenvalue weighted by Crippen LogP contribution is 2.25. The molecule has 1 aliphatic rings.